The van der Waals surface area contributed by atoms with Gasteiger partial charge in [-0.05, 0) is 66.1 Å². The highest BCUT2D eigenvalue weighted by atomic mass is 16.7. The van der Waals surface area contributed by atoms with Crippen molar-refractivity contribution in [2.24, 2.45) is 11.8 Å². The van der Waals surface area contributed by atoms with E-state index in [1.165, 1.54) is 0 Å². The van der Waals surface area contributed by atoms with Gasteiger partial charge < -0.3 is 24.0 Å². The summed E-state index contributed by atoms with van der Waals surface area (Å²) in [5.41, 5.74) is 0. The van der Waals surface area contributed by atoms with Gasteiger partial charge in [-0.3, -0.25) is 0 Å². The van der Waals surface area contributed by atoms with Gasteiger partial charge in [0, 0.05) is 18.5 Å². The van der Waals surface area contributed by atoms with Gasteiger partial charge in [0.15, 0.2) is 0 Å². The Bertz CT molecular complexity index is 457. The fourth-order valence-corrected chi connectivity index (χ4v) is 4.19. The zero-order valence-electron chi connectivity index (χ0n) is 15.9. The number of ether oxygens (including phenoxy) is 3. The maximum atomic E-state index is 12.4. The van der Waals surface area contributed by atoms with Crippen LogP contribution in [0.15, 0.2) is 0 Å². The average Bonchev–Trinajstić information content (AvgIpc) is 2.93. The van der Waals surface area contributed by atoms with Crippen LogP contribution in [0.3, 0.4) is 0 Å². The summed E-state index contributed by atoms with van der Waals surface area (Å²) in [4.78, 5) is 28.2. The smallest absolute Gasteiger partial charge is 0.450 e. The van der Waals surface area contributed by atoms with Crippen LogP contribution in [0.4, 0.5) is 9.59 Å². The van der Waals surface area contributed by atoms with Gasteiger partial charge in [-0.25, -0.2) is 9.59 Å². The fraction of sp³-hybridized carbons (Fsp3) is 0.889. The quantitative estimate of drug-likeness (QED) is 0.682. The van der Waals surface area contributed by atoms with E-state index in [2.05, 4.69) is 4.90 Å². The molecule has 1 aliphatic carbocycles. The second-order valence-electron chi connectivity index (χ2n) is 7.12. The van der Waals surface area contributed by atoms with E-state index in [9.17, 15) is 9.59 Å². The first kappa shape index (κ1) is 19.8. The molecule has 4 unspecified atom stereocenters. The first-order valence-electron chi connectivity index (χ1n) is 9.39. The van der Waals surface area contributed by atoms with Crippen LogP contribution >= 0.6 is 0 Å². The monoisotopic (exact) mass is 356 g/mol. The summed E-state index contributed by atoms with van der Waals surface area (Å²) in [5.74, 6) is 0.457. The molecule has 2 aliphatic rings. The molecule has 0 aromatic heterocycles. The fourth-order valence-electron chi connectivity index (χ4n) is 4.19. The first-order chi connectivity index (χ1) is 12.0. The topological polar surface area (TPSA) is 68.3 Å². The number of fused-ring (bicyclic) bond motifs is 1. The van der Waals surface area contributed by atoms with Crippen LogP contribution in [-0.4, -0.2) is 74.6 Å². The molecule has 2 rings (SSSR count). The zero-order chi connectivity index (χ0) is 18.4. The Labute approximate surface area is 150 Å². The van der Waals surface area contributed by atoms with Crippen molar-refractivity contribution < 1.29 is 23.8 Å². The molecule has 4 atom stereocenters. The van der Waals surface area contributed by atoms with E-state index in [0.717, 1.165) is 32.2 Å². The number of hydrogen-bond acceptors (Lipinski definition) is 6. The summed E-state index contributed by atoms with van der Waals surface area (Å²) in [6.45, 7) is 5.88. The van der Waals surface area contributed by atoms with Crippen molar-refractivity contribution >= 4 is 12.2 Å². The number of carbonyl (C=O) groups is 2. The summed E-state index contributed by atoms with van der Waals surface area (Å²) in [7, 11) is 4.09. The Morgan fingerprint density at radius 3 is 2.48 bits per heavy atom. The maximum Gasteiger partial charge on any atom is 0.508 e. The third-order valence-corrected chi connectivity index (χ3v) is 5.20. The Hall–Kier alpha value is -1.50. The predicted octanol–water partition coefficient (Wildman–Crippen LogP) is 2.74. The predicted molar refractivity (Wildman–Crippen MR) is 93.4 cm³/mol. The highest BCUT2D eigenvalue weighted by Crippen LogP contribution is 2.43. The third-order valence-electron chi connectivity index (χ3n) is 5.20. The Balaban J connectivity index is 2.13. The van der Waals surface area contributed by atoms with Crippen molar-refractivity contribution in [2.45, 2.75) is 51.7 Å². The van der Waals surface area contributed by atoms with Gasteiger partial charge in [-0.2, -0.15) is 0 Å². The lowest BCUT2D eigenvalue weighted by molar-refractivity contribution is -0.0282. The lowest BCUT2D eigenvalue weighted by Crippen LogP contribution is -2.45. The first-order valence-corrected chi connectivity index (χ1v) is 9.39. The van der Waals surface area contributed by atoms with Crippen molar-refractivity contribution in [3.8, 4) is 0 Å². The molecule has 1 amide bonds. The molecule has 0 bridgehead atoms. The Morgan fingerprint density at radius 2 is 1.84 bits per heavy atom. The Morgan fingerprint density at radius 1 is 1.12 bits per heavy atom. The molecule has 7 heteroatoms. The molecule has 1 aliphatic heterocycles. The van der Waals surface area contributed by atoms with Crippen molar-refractivity contribution in [1.82, 2.24) is 9.80 Å². The molecule has 0 radical (unpaired) electrons. The molecule has 1 saturated carbocycles. The van der Waals surface area contributed by atoms with Crippen LogP contribution in [0, 0.1) is 11.8 Å². The van der Waals surface area contributed by atoms with Crippen molar-refractivity contribution in [3.63, 3.8) is 0 Å². The van der Waals surface area contributed by atoms with E-state index < -0.39 is 6.16 Å². The van der Waals surface area contributed by atoms with Crippen LogP contribution in [-0.2, 0) is 14.2 Å². The number of likely N-dealkylation sites (tertiary alicyclic amines) is 1. The van der Waals surface area contributed by atoms with E-state index in [-0.39, 0.29) is 24.2 Å². The van der Waals surface area contributed by atoms with Gasteiger partial charge in [0.2, 0.25) is 0 Å². The minimum Gasteiger partial charge on any atom is -0.450 e. The zero-order valence-corrected chi connectivity index (χ0v) is 15.9. The molecular formula is C18H32N2O5. The number of hydrogen-bond donors (Lipinski definition) is 0. The molecule has 2 fully saturated rings. The van der Waals surface area contributed by atoms with E-state index in [1.807, 2.05) is 25.9 Å². The molecule has 0 aromatic carbocycles. The van der Waals surface area contributed by atoms with Crippen LogP contribution in [0.1, 0.15) is 39.5 Å². The van der Waals surface area contributed by atoms with Gasteiger partial charge in [0.1, 0.15) is 6.10 Å². The number of amides is 1. The molecule has 144 valence electrons. The van der Waals surface area contributed by atoms with Gasteiger partial charge in [0.25, 0.3) is 0 Å². The summed E-state index contributed by atoms with van der Waals surface area (Å²) in [6.07, 6.45) is 2.62. The van der Waals surface area contributed by atoms with Gasteiger partial charge in [0.05, 0.1) is 13.2 Å². The number of nitrogens with zero attached hydrogens (tertiary/aromatic N) is 2. The van der Waals surface area contributed by atoms with Gasteiger partial charge >= 0.3 is 12.2 Å². The van der Waals surface area contributed by atoms with Gasteiger partial charge in [-0.15, -0.1) is 0 Å². The van der Waals surface area contributed by atoms with E-state index in [4.69, 9.17) is 14.2 Å². The lowest BCUT2D eigenvalue weighted by atomic mass is 9.76. The second-order valence-corrected chi connectivity index (χ2v) is 7.12. The van der Waals surface area contributed by atoms with Crippen LogP contribution < -0.4 is 0 Å². The molecular weight excluding hydrogens is 324 g/mol. The van der Waals surface area contributed by atoms with Crippen molar-refractivity contribution in [2.75, 3.05) is 40.4 Å². The minimum absolute atomic E-state index is 0.0828. The summed E-state index contributed by atoms with van der Waals surface area (Å²) in [5, 5.41) is 0. The van der Waals surface area contributed by atoms with Crippen molar-refractivity contribution in [3.05, 3.63) is 0 Å². The highest BCUT2D eigenvalue weighted by molar-refractivity contribution is 5.68. The summed E-state index contributed by atoms with van der Waals surface area (Å²) < 4.78 is 15.8. The van der Waals surface area contributed by atoms with Crippen LogP contribution in [0.2, 0.25) is 0 Å². The lowest BCUT2D eigenvalue weighted by Gasteiger charge is -2.37. The van der Waals surface area contributed by atoms with Crippen molar-refractivity contribution in [1.29, 1.82) is 0 Å². The summed E-state index contributed by atoms with van der Waals surface area (Å²) >= 11 is 0. The van der Waals surface area contributed by atoms with Gasteiger partial charge in [-0.1, -0.05) is 0 Å². The molecule has 0 N–H and O–H groups in total. The van der Waals surface area contributed by atoms with E-state index >= 15 is 0 Å². The molecule has 0 spiro atoms. The number of carbonyl (C=O) groups excluding carboxylic acids is 2. The molecule has 25 heavy (non-hydrogen) atoms. The average molecular weight is 356 g/mol. The summed E-state index contributed by atoms with van der Waals surface area (Å²) in [6, 6.07) is 0.0828. The highest BCUT2D eigenvalue weighted by Gasteiger charge is 2.50. The third kappa shape index (κ3) is 5.00. The second kappa shape index (κ2) is 9.27. The molecule has 0 aromatic rings. The SMILES string of the molecule is CCOC(=O)OC1CCCC2C1C(CCN(C)C)CN2C(=O)OCC. The van der Waals surface area contributed by atoms with Crippen LogP contribution in [0.5, 0.6) is 0 Å². The number of rotatable bonds is 6. The van der Waals surface area contributed by atoms with E-state index in [1.54, 1.807) is 6.92 Å². The largest absolute Gasteiger partial charge is 0.508 e. The molecule has 1 saturated heterocycles. The Kier molecular flexibility index (Phi) is 7.35. The normalized spacial score (nSPS) is 28.6. The maximum absolute atomic E-state index is 12.4. The van der Waals surface area contributed by atoms with Crippen LogP contribution in [0.25, 0.3) is 0 Å². The van der Waals surface area contributed by atoms with E-state index in [0.29, 0.717) is 25.7 Å². The standard InChI is InChI=1S/C18H32N2O5/c1-5-23-17(21)20-12-13(10-11-19(3)4)16-14(20)8-7-9-15(16)25-18(22)24-6-2/h13-16H,5-12H2,1-4H3. The molecule has 1 heterocycles. The molecule has 7 nitrogen and oxygen atoms in total. The minimum atomic E-state index is -0.603.